The summed E-state index contributed by atoms with van der Waals surface area (Å²) in [6.07, 6.45) is 0.900. The molecule has 3 aromatic rings. The van der Waals surface area contributed by atoms with E-state index in [1.807, 2.05) is 35.7 Å². The van der Waals surface area contributed by atoms with Crippen molar-refractivity contribution in [2.24, 2.45) is 0 Å². The molecule has 8 heteroatoms. The van der Waals surface area contributed by atoms with Gasteiger partial charge in [-0.15, -0.1) is 11.3 Å². The summed E-state index contributed by atoms with van der Waals surface area (Å²) in [5, 5.41) is 4.97. The molecular formula is C23H25N3O3S2. The number of carbonyl (C=O) groups excluding carboxylic acids is 1. The van der Waals surface area contributed by atoms with Crippen LogP contribution in [-0.4, -0.2) is 38.4 Å². The first kappa shape index (κ1) is 21.7. The van der Waals surface area contributed by atoms with Crippen molar-refractivity contribution in [2.75, 3.05) is 13.1 Å². The second kappa shape index (κ2) is 9.74. The minimum absolute atomic E-state index is 0.0899. The summed E-state index contributed by atoms with van der Waals surface area (Å²) >= 11 is 1.50. The molecule has 1 unspecified atom stereocenters. The molecule has 2 aromatic carbocycles. The Morgan fingerprint density at radius 1 is 1.03 bits per heavy atom. The molecule has 6 nitrogen and oxygen atoms in total. The van der Waals surface area contributed by atoms with Crippen LogP contribution in [-0.2, 0) is 23.1 Å². The highest BCUT2D eigenvalue weighted by molar-refractivity contribution is 7.89. The third kappa shape index (κ3) is 5.80. The van der Waals surface area contributed by atoms with Crippen LogP contribution in [0.3, 0.4) is 0 Å². The second-order valence-corrected chi connectivity index (χ2v) is 10.4. The molecule has 1 amide bonds. The van der Waals surface area contributed by atoms with Crippen LogP contribution in [0.1, 0.15) is 27.2 Å². The third-order valence-corrected chi connectivity index (χ3v) is 7.59. The van der Waals surface area contributed by atoms with Gasteiger partial charge in [0.2, 0.25) is 10.0 Å². The molecule has 162 valence electrons. The summed E-state index contributed by atoms with van der Waals surface area (Å²) < 4.78 is 27.5. The largest absolute Gasteiger partial charge is 0.348 e. The molecule has 0 spiro atoms. The van der Waals surface area contributed by atoms with Crippen LogP contribution in [0.2, 0.25) is 0 Å². The molecule has 0 bridgehead atoms. The fourth-order valence-electron chi connectivity index (χ4n) is 3.65. The van der Waals surface area contributed by atoms with E-state index in [1.54, 1.807) is 12.1 Å². The van der Waals surface area contributed by atoms with Crippen molar-refractivity contribution in [1.82, 2.24) is 14.9 Å². The molecule has 1 aliphatic heterocycles. The maximum Gasteiger partial charge on any atom is 0.251 e. The molecule has 1 saturated heterocycles. The number of rotatable bonds is 8. The van der Waals surface area contributed by atoms with Crippen molar-refractivity contribution in [3.63, 3.8) is 0 Å². The van der Waals surface area contributed by atoms with Crippen molar-refractivity contribution in [3.05, 3.63) is 88.1 Å². The predicted molar refractivity (Wildman–Crippen MR) is 122 cm³/mol. The van der Waals surface area contributed by atoms with E-state index in [0.717, 1.165) is 30.9 Å². The first-order valence-corrected chi connectivity index (χ1v) is 12.6. The number of carbonyl (C=O) groups is 1. The third-order valence-electron chi connectivity index (χ3n) is 5.30. The highest BCUT2D eigenvalue weighted by atomic mass is 32.2. The van der Waals surface area contributed by atoms with Gasteiger partial charge in [0.05, 0.1) is 4.90 Å². The lowest BCUT2D eigenvalue weighted by atomic mass is 10.2. The Morgan fingerprint density at radius 2 is 1.81 bits per heavy atom. The Labute approximate surface area is 187 Å². The predicted octanol–water partition coefficient (Wildman–Crippen LogP) is 3.23. The minimum Gasteiger partial charge on any atom is -0.348 e. The number of hydrogen-bond donors (Lipinski definition) is 2. The van der Waals surface area contributed by atoms with Crippen LogP contribution >= 0.6 is 11.3 Å². The topological polar surface area (TPSA) is 78.5 Å². The van der Waals surface area contributed by atoms with Crippen molar-refractivity contribution >= 4 is 27.3 Å². The van der Waals surface area contributed by atoms with E-state index in [0.29, 0.717) is 5.56 Å². The van der Waals surface area contributed by atoms with Crippen molar-refractivity contribution < 1.29 is 13.2 Å². The maximum atomic E-state index is 12.6. The Morgan fingerprint density at radius 3 is 2.52 bits per heavy atom. The summed E-state index contributed by atoms with van der Waals surface area (Å²) in [5.41, 5.74) is 1.72. The average molecular weight is 456 g/mol. The molecule has 0 saturated carbocycles. The number of sulfonamides is 1. The number of hydrogen-bond acceptors (Lipinski definition) is 5. The standard InChI is InChI=1S/C23H25N3O3S2/c27-23(25-20-12-13-26(17-20)16-18-5-2-1-3-6-18)19-8-10-22(11-9-19)31(28,29)24-15-21-7-4-14-30-21/h1-11,14,20,24H,12-13,15-17H2,(H,25,27). The molecule has 1 aliphatic rings. The molecule has 0 aliphatic carbocycles. The van der Waals surface area contributed by atoms with Gasteiger partial charge < -0.3 is 5.32 Å². The molecule has 4 rings (SSSR count). The highest BCUT2D eigenvalue weighted by Gasteiger charge is 2.24. The molecule has 2 heterocycles. The van der Waals surface area contributed by atoms with Crippen LogP contribution in [0.4, 0.5) is 0 Å². The van der Waals surface area contributed by atoms with Gasteiger partial charge in [0, 0.05) is 42.7 Å². The first-order chi connectivity index (χ1) is 15.0. The quantitative estimate of drug-likeness (QED) is 0.547. The zero-order chi connectivity index (χ0) is 21.7. The Bertz CT molecular complexity index is 1100. The number of likely N-dealkylation sites (tertiary alicyclic amines) is 1. The lowest BCUT2D eigenvalue weighted by molar-refractivity contribution is 0.0937. The van der Waals surface area contributed by atoms with E-state index in [4.69, 9.17) is 0 Å². The zero-order valence-corrected chi connectivity index (χ0v) is 18.7. The summed E-state index contributed by atoms with van der Waals surface area (Å²) in [4.78, 5) is 16.0. The maximum absolute atomic E-state index is 12.6. The lowest BCUT2D eigenvalue weighted by Gasteiger charge is -2.17. The van der Waals surface area contributed by atoms with Gasteiger partial charge in [-0.05, 0) is 47.7 Å². The summed E-state index contributed by atoms with van der Waals surface area (Å²) in [5.74, 6) is -0.179. The van der Waals surface area contributed by atoms with E-state index >= 15 is 0 Å². The highest BCUT2D eigenvalue weighted by Crippen LogP contribution is 2.16. The van der Waals surface area contributed by atoms with Gasteiger partial charge in [0.15, 0.2) is 0 Å². The molecule has 31 heavy (non-hydrogen) atoms. The van der Waals surface area contributed by atoms with E-state index in [2.05, 4.69) is 27.1 Å². The van der Waals surface area contributed by atoms with Gasteiger partial charge in [-0.25, -0.2) is 13.1 Å². The smallest absolute Gasteiger partial charge is 0.251 e. The van der Waals surface area contributed by atoms with Gasteiger partial charge in [0.1, 0.15) is 0 Å². The van der Waals surface area contributed by atoms with E-state index in [9.17, 15) is 13.2 Å². The van der Waals surface area contributed by atoms with Gasteiger partial charge >= 0.3 is 0 Å². The van der Waals surface area contributed by atoms with Gasteiger partial charge in [-0.3, -0.25) is 9.69 Å². The summed E-state index contributed by atoms with van der Waals surface area (Å²) in [7, 11) is -3.62. The Hall–Kier alpha value is -2.52. The number of nitrogens with zero attached hydrogens (tertiary/aromatic N) is 1. The lowest BCUT2D eigenvalue weighted by Crippen LogP contribution is -2.37. The number of amides is 1. The van der Waals surface area contributed by atoms with Crippen LogP contribution < -0.4 is 10.0 Å². The van der Waals surface area contributed by atoms with Crippen LogP contribution in [0.25, 0.3) is 0 Å². The second-order valence-electron chi connectivity index (χ2n) is 7.61. The molecule has 2 N–H and O–H groups in total. The number of thiophene rings is 1. The van der Waals surface area contributed by atoms with Crippen LogP contribution in [0, 0.1) is 0 Å². The SMILES string of the molecule is O=C(NC1CCN(Cc2ccccc2)C1)c1ccc(S(=O)(=O)NCc2cccs2)cc1. The van der Waals surface area contributed by atoms with Crippen molar-refractivity contribution in [3.8, 4) is 0 Å². The molecule has 1 atom stereocenters. The van der Waals surface area contributed by atoms with Crippen LogP contribution in [0.5, 0.6) is 0 Å². The van der Waals surface area contributed by atoms with Gasteiger partial charge in [-0.1, -0.05) is 36.4 Å². The van der Waals surface area contributed by atoms with Gasteiger partial charge in [0.25, 0.3) is 5.91 Å². The van der Waals surface area contributed by atoms with Crippen molar-refractivity contribution in [1.29, 1.82) is 0 Å². The zero-order valence-electron chi connectivity index (χ0n) is 17.0. The van der Waals surface area contributed by atoms with E-state index in [-0.39, 0.29) is 23.4 Å². The molecule has 1 aromatic heterocycles. The van der Waals surface area contributed by atoms with E-state index < -0.39 is 10.0 Å². The normalized spacial score (nSPS) is 17.0. The van der Waals surface area contributed by atoms with Crippen molar-refractivity contribution in [2.45, 2.75) is 30.4 Å². The average Bonchev–Trinajstić information content (AvgIpc) is 3.45. The van der Waals surface area contributed by atoms with Gasteiger partial charge in [-0.2, -0.15) is 0 Å². The monoisotopic (exact) mass is 455 g/mol. The fraction of sp³-hybridized carbons (Fsp3) is 0.261. The number of nitrogens with one attached hydrogen (secondary N) is 2. The fourth-order valence-corrected chi connectivity index (χ4v) is 5.40. The van der Waals surface area contributed by atoms with Crippen LogP contribution in [0.15, 0.2) is 77.0 Å². The Balaban J connectivity index is 1.30. The van der Waals surface area contributed by atoms with E-state index in [1.165, 1.54) is 29.0 Å². The number of benzene rings is 2. The Kier molecular flexibility index (Phi) is 6.82. The molecule has 1 fully saturated rings. The molecular weight excluding hydrogens is 430 g/mol. The molecule has 0 radical (unpaired) electrons. The summed E-state index contributed by atoms with van der Waals surface area (Å²) in [6.45, 7) is 2.87. The first-order valence-electron chi connectivity index (χ1n) is 10.2. The minimum atomic E-state index is -3.62. The summed E-state index contributed by atoms with van der Waals surface area (Å²) in [6, 6.07) is 20.2.